The Labute approximate surface area is 132 Å². The fourth-order valence-electron chi connectivity index (χ4n) is 4.24. The number of hydrogen-bond donors (Lipinski definition) is 0. The summed E-state index contributed by atoms with van der Waals surface area (Å²) in [6, 6.07) is 7.17. The van der Waals surface area contributed by atoms with Crippen LogP contribution >= 0.6 is 0 Å². The van der Waals surface area contributed by atoms with Crippen LogP contribution in [0, 0.1) is 18.8 Å². The maximum Gasteiger partial charge on any atom is 0.0958 e. The summed E-state index contributed by atoms with van der Waals surface area (Å²) < 4.78 is 2.31. The summed E-state index contributed by atoms with van der Waals surface area (Å²) in [6.45, 7) is 7.89. The van der Waals surface area contributed by atoms with Crippen LogP contribution in [0.1, 0.15) is 25.3 Å². The standard InChI is InChI=1S/C19H25N3/c1-3-16-11-15-5-7-18(16)21(12-15)8-9-22-13-20-17-6-4-14(2)10-19(17)22/h4-7,10,13,15-16,18H,3,8-9,11-12H2,1-2H3. The molecule has 2 bridgehead atoms. The summed E-state index contributed by atoms with van der Waals surface area (Å²) in [5.74, 6) is 1.63. The number of rotatable bonds is 4. The molecule has 3 heterocycles. The van der Waals surface area contributed by atoms with E-state index in [1.54, 1.807) is 0 Å². The van der Waals surface area contributed by atoms with E-state index in [1.165, 1.54) is 30.5 Å². The quantitative estimate of drug-likeness (QED) is 0.803. The van der Waals surface area contributed by atoms with Crippen molar-refractivity contribution in [1.29, 1.82) is 0 Å². The largest absolute Gasteiger partial charge is 0.329 e. The summed E-state index contributed by atoms with van der Waals surface area (Å²) in [5, 5.41) is 0. The molecule has 1 aromatic carbocycles. The van der Waals surface area contributed by atoms with Gasteiger partial charge in [-0.3, -0.25) is 4.90 Å². The number of nitrogens with zero attached hydrogens (tertiary/aromatic N) is 3. The summed E-state index contributed by atoms with van der Waals surface area (Å²) in [5.41, 5.74) is 3.68. The molecule has 22 heavy (non-hydrogen) atoms. The second kappa shape index (κ2) is 5.54. The molecule has 0 saturated carbocycles. The number of benzene rings is 1. The van der Waals surface area contributed by atoms with E-state index in [0.29, 0.717) is 6.04 Å². The van der Waals surface area contributed by atoms with Gasteiger partial charge in [-0.15, -0.1) is 0 Å². The second-order valence-corrected chi connectivity index (χ2v) is 6.96. The Morgan fingerprint density at radius 3 is 2.95 bits per heavy atom. The fraction of sp³-hybridized carbons (Fsp3) is 0.526. The average molecular weight is 295 g/mol. The number of imidazole rings is 1. The molecule has 3 nitrogen and oxygen atoms in total. The maximum atomic E-state index is 4.53. The molecule has 1 aromatic heterocycles. The van der Waals surface area contributed by atoms with Crippen molar-refractivity contribution in [3.63, 3.8) is 0 Å². The molecule has 116 valence electrons. The number of piperidine rings is 1. The van der Waals surface area contributed by atoms with Crippen molar-refractivity contribution in [3.8, 4) is 0 Å². The maximum absolute atomic E-state index is 4.53. The van der Waals surface area contributed by atoms with Gasteiger partial charge in [0.05, 0.1) is 17.4 Å². The highest BCUT2D eigenvalue weighted by Gasteiger charge is 2.35. The van der Waals surface area contributed by atoms with E-state index < -0.39 is 0 Å². The van der Waals surface area contributed by atoms with Crippen LogP contribution in [0.4, 0.5) is 0 Å². The normalized spacial score (nSPS) is 27.8. The van der Waals surface area contributed by atoms with Gasteiger partial charge in [-0.25, -0.2) is 4.98 Å². The lowest BCUT2D eigenvalue weighted by atomic mass is 9.76. The molecular weight excluding hydrogens is 270 g/mol. The predicted molar refractivity (Wildman–Crippen MR) is 90.9 cm³/mol. The van der Waals surface area contributed by atoms with Gasteiger partial charge in [-0.2, -0.15) is 0 Å². The molecule has 3 unspecified atom stereocenters. The Bertz CT molecular complexity index is 700. The number of hydrogen-bond acceptors (Lipinski definition) is 2. The van der Waals surface area contributed by atoms with E-state index in [1.807, 2.05) is 6.33 Å². The smallest absolute Gasteiger partial charge is 0.0958 e. The molecule has 3 aliphatic rings. The minimum Gasteiger partial charge on any atom is -0.329 e. The lowest BCUT2D eigenvalue weighted by molar-refractivity contribution is 0.0784. The van der Waals surface area contributed by atoms with Crippen molar-refractivity contribution >= 4 is 11.0 Å². The van der Waals surface area contributed by atoms with Crippen molar-refractivity contribution in [2.75, 3.05) is 13.1 Å². The molecule has 2 aromatic rings. The highest BCUT2D eigenvalue weighted by atomic mass is 15.2. The monoisotopic (exact) mass is 295 g/mol. The van der Waals surface area contributed by atoms with Crippen molar-refractivity contribution in [2.45, 2.75) is 39.3 Å². The van der Waals surface area contributed by atoms with E-state index in [9.17, 15) is 0 Å². The predicted octanol–water partition coefficient (Wildman–Crippen LogP) is 3.63. The molecule has 3 heteroatoms. The van der Waals surface area contributed by atoms with Crippen molar-refractivity contribution in [2.24, 2.45) is 11.8 Å². The third kappa shape index (κ3) is 2.38. The molecule has 3 atom stereocenters. The van der Waals surface area contributed by atoms with Crippen LogP contribution in [0.2, 0.25) is 0 Å². The van der Waals surface area contributed by atoms with Crippen LogP contribution < -0.4 is 0 Å². The van der Waals surface area contributed by atoms with Gasteiger partial charge in [0.25, 0.3) is 0 Å². The van der Waals surface area contributed by atoms with Crippen LogP contribution in [0.3, 0.4) is 0 Å². The van der Waals surface area contributed by atoms with Gasteiger partial charge in [0.15, 0.2) is 0 Å². The van der Waals surface area contributed by atoms with Crippen LogP contribution in [0.15, 0.2) is 36.7 Å². The lowest BCUT2D eigenvalue weighted by Crippen LogP contribution is -2.51. The molecular formula is C19H25N3. The zero-order valence-electron chi connectivity index (χ0n) is 13.6. The summed E-state index contributed by atoms with van der Waals surface area (Å²) >= 11 is 0. The van der Waals surface area contributed by atoms with Crippen LogP contribution in [0.5, 0.6) is 0 Å². The van der Waals surface area contributed by atoms with Gasteiger partial charge < -0.3 is 4.57 Å². The number of fused-ring (bicyclic) bond motifs is 3. The molecule has 1 saturated heterocycles. The minimum atomic E-state index is 0.659. The molecule has 0 amide bonds. The Kier molecular flexibility index (Phi) is 3.53. The van der Waals surface area contributed by atoms with E-state index in [2.05, 4.69) is 58.6 Å². The molecule has 0 spiro atoms. The van der Waals surface area contributed by atoms with Gasteiger partial charge in [-0.1, -0.05) is 31.6 Å². The zero-order valence-corrected chi connectivity index (χ0v) is 13.6. The van der Waals surface area contributed by atoms with Crippen molar-refractivity contribution < 1.29 is 0 Å². The molecule has 0 radical (unpaired) electrons. The first-order valence-electron chi connectivity index (χ1n) is 8.58. The van der Waals surface area contributed by atoms with Gasteiger partial charge >= 0.3 is 0 Å². The molecule has 1 aliphatic carbocycles. The fourth-order valence-corrected chi connectivity index (χ4v) is 4.24. The Balaban J connectivity index is 1.50. The molecule has 2 aliphatic heterocycles. The molecule has 1 fully saturated rings. The highest BCUT2D eigenvalue weighted by Crippen LogP contribution is 2.35. The third-order valence-electron chi connectivity index (χ3n) is 5.49. The zero-order chi connectivity index (χ0) is 15.1. The third-order valence-corrected chi connectivity index (χ3v) is 5.49. The van der Waals surface area contributed by atoms with Crippen LogP contribution in [-0.4, -0.2) is 33.6 Å². The van der Waals surface area contributed by atoms with E-state index in [4.69, 9.17) is 0 Å². The van der Waals surface area contributed by atoms with Gasteiger partial charge in [0.2, 0.25) is 0 Å². The summed E-state index contributed by atoms with van der Waals surface area (Å²) in [6.07, 6.45) is 9.60. The van der Waals surface area contributed by atoms with Gasteiger partial charge in [-0.05, 0) is 42.9 Å². The first-order valence-corrected chi connectivity index (χ1v) is 8.58. The lowest BCUT2D eigenvalue weighted by Gasteiger charge is -2.46. The minimum absolute atomic E-state index is 0.659. The first-order chi connectivity index (χ1) is 10.7. The second-order valence-electron chi connectivity index (χ2n) is 6.96. The topological polar surface area (TPSA) is 21.1 Å². The Morgan fingerprint density at radius 2 is 2.14 bits per heavy atom. The van der Waals surface area contributed by atoms with Crippen molar-refractivity contribution in [3.05, 3.63) is 42.2 Å². The average Bonchev–Trinajstić information content (AvgIpc) is 2.95. The van der Waals surface area contributed by atoms with Crippen LogP contribution in [-0.2, 0) is 6.54 Å². The van der Waals surface area contributed by atoms with Gasteiger partial charge in [0.1, 0.15) is 0 Å². The van der Waals surface area contributed by atoms with E-state index in [-0.39, 0.29) is 0 Å². The van der Waals surface area contributed by atoms with Crippen molar-refractivity contribution in [1.82, 2.24) is 14.5 Å². The van der Waals surface area contributed by atoms with Crippen LogP contribution in [0.25, 0.3) is 11.0 Å². The molecule has 0 N–H and O–H groups in total. The van der Waals surface area contributed by atoms with E-state index >= 15 is 0 Å². The first kappa shape index (κ1) is 14.0. The van der Waals surface area contributed by atoms with Gasteiger partial charge in [0, 0.05) is 25.7 Å². The SMILES string of the molecule is CCC1CC2C=CC1N(CCn1cnc3ccc(C)cc31)C2. The Hall–Kier alpha value is -1.61. The molecule has 5 rings (SSSR count). The highest BCUT2D eigenvalue weighted by molar-refractivity contribution is 5.75. The Morgan fingerprint density at radius 1 is 1.23 bits per heavy atom. The van der Waals surface area contributed by atoms with E-state index in [0.717, 1.165) is 30.4 Å². The summed E-state index contributed by atoms with van der Waals surface area (Å²) in [7, 11) is 0. The number of aromatic nitrogens is 2. The summed E-state index contributed by atoms with van der Waals surface area (Å²) in [4.78, 5) is 7.22. The number of aryl methyl sites for hydroxylation is 1.